The first-order valence-corrected chi connectivity index (χ1v) is 20.3. The van der Waals surface area contributed by atoms with Gasteiger partial charge in [-0.15, -0.1) is 0 Å². The van der Waals surface area contributed by atoms with Crippen LogP contribution in [-0.4, -0.2) is 19.6 Å². The molecule has 302 valence electrons. The van der Waals surface area contributed by atoms with Gasteiger partial charge in [0.1, 0.15) is 11.6 Å². The maximum Gasteiger partial charge on any atom is 0.149 e. The molecule has 0 amide bonds. The second kappa shape index (κ2) is 15.1. The zero-order valence-corrected chi connectivity index (χ0v) is 35.8. The number of nitrogens with zero attached hydrogens (tertiary/aromatic N) is 3. The largest absolute Gasteiger partial charge is 0.507 e. The van der Waals surface area contributed by atoms with E-state index in [4.69, 9.17) is 23.7 Å². The lowest BCUT2D eigenvalue weighted by Gasteiger charge is -2.27. The van der Waals surface area contributed by atoms with Gasteiger partial charge in [0.15, 0.2) is 0 Å². The van der Waals surface area contributed by atoms with Gasteiger partial charge < -0.3 is 5.11 Å². The zero-order chi connectivity index (χ0) is 51.2. The van der Waals surface area contributed by atoms with Crippen LogP contribution >= 0.6 is 0 Å². The highest BCUT2D eigenvalue weighted by Gasteiger charge is 2.29. The number of aryl methyl sites for hydroxylation is 1. The molecule has 0 saturated carbocycles. The van der Waals surface area contributed by atoms with E-state index in [-0.39, 0.29) is 27.7 Å². The minimum atomic E-state index is -2.84. The molecule has 2 heterocycles. The fourth-order valence-corrected chi connectivity index (χ4v) is 7.71. The van der Waals surface area contributed by atoms with Crippen LogP contribution in [-0.2, 0) is 16.2 Å². The molecule has 8 rings (SSSR count). The number of aromatic hydroxyl groups is 1. The van der Waals surface area contributed by atoms with E-state index in [0.717, 1.165) is 33.4 Å². The first kappa shape index (κ1) is 29.9. The van der Waals surface area contributed by atoms with E-state index < -0.39 is 48.9 Å². The summed E-state index contributed by atoms with van der Waals surface area (Å²) >= 11 is 0. The number of aromatic nitrogens is 3. The van der Waals surface area contributed by atoms with E-state index in [1.165, 1.54) is 0 Å². The van der Waals surface area contributed by atoms with Gasteiger partial charge in [-0.05, 0) is 112 Å². The van der Waals surface area contributed by atoms with Crippen LogP contribution in [0.25, 0.3) is 72.7 Å². The Bertz CT molecular complexity index is 3320. The van der Waals surface area contributed by atoms with E-state index in [0.29, 0.717) is 50.5 Å². The molecule has 0 bridgehead atoms. The third kappa shape index (κ3) is 7.79. The fourth-order valence-electron chi connectivity index (χ4n) is 7.71. The van der Waals surface area contributed by atoms with Crippen LogP contribution in [0, 0.1) is 13.7 Å². The van der Waals surface area contributed by atoms with Crippen LogP contribution in [0.4, 0.5) is 0 Å². The molecule has 4 heteroatoms. The Morgan fingerprint density at radius 2 is 1.25 bits per heavy atom. The molecule has 0 atom stereocenters. The lowest BCUT2D eigenvalue weighted by molar-refractivity contribution is 0.446. The van der Waals surface area contributed by atoms with Crippen molar-refractivity contribution in [3.05, 3.63) is 167 Å². The van der Waals surface area contributed by atoms with E-state index in [9.17, 15) is 5.11 Å². The van der Waals surface area contributed by atoms with Gasteiger partial charge in [-0.25, -0.2) is 4.98 Å². The highest BCUT2D eigenvalue weighted by atomic mass is 16.3. The minimum absolute atomic E-state index is 0.0307. The Labute approximate surface area is 370 Å². The molecule has 4 nitrogen and oxygen atoms in total. The summed E-state index contributed by atoms with van der Waals surface area (Å²) in [7, 11) is 0. The number of benzene rings is 6. The van der Waals surface area contributed by atoms with E-state index in [1.807, 2.05) is 77.4 Å². The third-order valence-electron chi connectivity index (χ3n) is 11.1. The quantitative estimate of drug-likeness (QED) is 0.182. The molecule has 0 unspecified atom stereocenters. The molecule has 6 aromatic carbocycles. The number of imidazole rings is 1. The first-order valence-electron chi connectivity index (χ1n) is 25.3. The van der Waals surface area contributed by atoms with Gasteiger partial charge in [0.05, 0.1) is 33.5 Å². The minimum Gasteiger partial charge on any atom is -0.507 e. The summed E-state index contributed by atoms with van der Waals surface area (Å²) < 4.78 is 85.7. The van der Waals surface area contributed by atoms with Crippen molar-refractivity contribution in [3.63, 3.8) is 0 Å². The van der Waals surface area contributed by atoms with Crippen LogP contribution in [0.2, 0.25) is 0 Å². The summed E-state index contributed by atoms with van der Waals surface area (Å²) in [5.41, 5.74) is 8.19. The van der Waals surface area contributed by atoms with Crippen molar-refractivity contribution < 1.29 is 18.8 Å². The number of para-hydroxylation sites is 1. The van der Waals surface area contributed by atoms with Gasteiger partial charge in [0.25, 0.3) is 0 Å². The van der Waals surface area contributed by atoms with Gasteiger partial charge in [0, 0.05) is 36.7 Å². The van der Waals surface area contributed by atoms with Crippen LogP contribution < -0.4 is 0 Å². The Kier molecular flexibility index (Phi) is 7.51. The van der Waals surface area contributed by atoms with Crippen LogP contribution in [0.15, 0.2) is 140 Å². The molecule has 0 aliphatic rings. The van der Waals surface area contributed by atoms with E-state index in [2.05, 4.69) is 74.4 Å². The molecule has 60 heavy (non-hydrogen) atoms. The second-order valence-electron chi connectivity index (χ2n) is 18.7. The van der Waals surface area contributed by atoms with Crippen molar-refractivity contribution in [1.29, 1.82) is 0 Å². The number of pyridine rings is 1. The van der Waals surface area contributed by atoms with E-state index in [1.54, 1.807) is 30.5 Å². The summed E-state index contributed by atoms with van der Waals surface area (Å²) in [5.74, 6) is 0.554. The predicted octanol–water partition coefficient (Wildman–Crippen LogP) is 15.0. The molecule has 1 N–H and O–H groups in total. The smallest absolute Gasteiger partial charge is 0.149 e. The molecule has 0 aliphatic heterocycles. The van der Waals surface area contributed by atoms with Gasteiger partial charge in [-0.1, -0.05) is 158 Å². The normalized spacial score (nSPS) is 15.2. The number of phenols is 1. The molecule has 8 aromatic rings. The number of hydrogen-bond acceptors (Lipinski definition) is 3. The van der Waals surface area contributed by atoms with E-state index >= 15 is 0 Å². The van der Waals surface area contributed by atoms with Crippen LogP contribution in [0.3, 0.4) is 0 Å². The lowest BCUT2D eigenvalue weighted by Crippen LogP contribution is -2.17. The Morgan fingerprint density at radius 3 is 1.93 bits per heavy atom. The average molecular weight is 798 g/mol. The molecule has 0 aliphatic carbocycles. The average Bonchev–Trinajstić information content (AvgIpc) is 3.66. The standard InChI is InChI=1S/C56H57N3O/c1-35-20-23-37(24-21-35)39-26-27-57-48(32-39)41-29-40(30-42(31-41)54(3,4)5)44-18-15-19-50-51(44)58-53(46-33-43(55(6,7)8)34-47(52(46)60)56(9,10)11)59(50)49-25-22-36(2)28-45(49)38-16-13-12-14-17-38/h12-34,60H,1-11H3/i1D3,2D3,20D,21D,23D,24D. The molecular formula is C56H57N3O. The van der Waals surface area contributed by atoms with Crippen molar-refractivity contribution in [2.75, 3.05) is 0 Å². The SMILES string of the molecule is [2H]c1c([2H])c(C([2H])([2H])[2H])c([2H])c([2H])c1-c1ccnc(-c2cc(-c3cccc4c3nc(-c3cc(C(C)(C)C)cc(C(C)(C)C)c3O)n4-c3ccc(C([2H])([2H])[2H])cc3-c3ccccc3)cc(C(C)(C)C)c2)c1. The topological polar surface area (TPSA) is 50.9 Å². The van der Waals surface area contributed by atoms with Gasteiger partial charge >= 0.3 is 0 Å². The summed E-state index contributed by atoms with van der Waals surface area (Å²) in [6.07, 6.45) is 1.54. The van der Waals surface area contributed by atoms with Crippen LogP contribution in [0.5, 0.6) is 5.75 Å². The lowest BCUT2D eigenvalue weighted by atomic mass is 9.79. The maximum atomic E-state index is 12.5. The van der Waals surface area contributed by atoms with Crippen molar-refractivity contribution >= 4 is 11.0 Å². The van der Waals surface area contributed by atoms with Gasteiger partial charge in [-0.3, -0.25) is 9.55 Å². The zero-order valence-electron chi connectivity index (χ0n) is 45.8. The monoisotopic (exact) mass is 798 g/mol. The van der Waals surface area contributed by atoms with Crippen molar-refractivity contribution in [1.82, 2.24) is 14.5 Å². The summed E-state index contributed by atoms with van der Waals surface area (Å²) in [5, 5.41) is 12.5. The number of hydrogen-bond donors (Lipinski definition) is 1. The predicted molar refractivity (Wildman–Crippen MR) is 253 cm³/mol. The number of fused-ring (bicyclic) bond motifs is 1. The highest BCUT2D eigenvalue weighted by Crippen LogP contribution is 2.46. The molecule has 0 fully saturated rings. The van der Waals surface area contributed by atoms with Crippen molar-refractivity contribution in [3.8, 4) is 67.5 Å². The number of phenolic OH excluding ortho intramolecular Hbond substituents is 1. The summed E-state index contributed by atoms with van der Waals surface area (Å²) in [6.45, 7) is 13.7. The molecule has 0 spiro atoms. The summed E-state index contributed by atoms with van der Waals surface area (Å²) in [4.78, 5) is 10.3. The fraction of sp³-hybridized carbons (Fsp3) is 0.250. The van der Waals surface area contributed by atoms with Gasteiger partial charge in [0.2, 0.25) is 0 Å². The Hall–Kier alpha value is -6.26. The Balaban J connectivity index is 1.44. The second-order valence-corrected chi connectivity index (χ2v) is 18.7. The third-order valence-corrected chi connectivity index (χ3v) is 11.1. The molecule has 0 radical (unpaired) electrons. The van der Waals surface area contributed by atoms with Crippen molar-refractivity contribution in [2.45, 2.75) is 92.3 Å². The maximum absolute atomic E-state index is 12.5. The van der Waals surface area contributed by atoms with Crippen LogP contribution in [0.1, 0.15) is 104 Å². The Morgan fingerprint density at radius 1 is 0.550 bits per heavy atom. The molecular weight excluding hydrogens is 731 g/mol. The first-order chi connectivity index (χ1) is 32.5. The van der Waals surface area contributed by atoms with Crippen molar-refractivity contribution in [2.24, 2.45) is 0 Å². The summed E-state index contributed by atoms with van der Waals surface area (Å²) in [6, 6.07) is 32.1. The van der Waals surface area contributed by atoms with Gasteiger partial charge in [-0.2, -0.15) is 0 Å². The molecule has 2 aromatic heterocycles. The number of rotatable bonds is 6. The molecule has 0 saturated heterocycles. The highest BCUT2D eigenvalue weighted by molar-refractivity contribution is 5.98.